The predicted octanol–water partition coefficient (Wildman–Crippen LogP) is 3.84. The minimum Gasteiger partial charge on any atom is -0.496 e. The third kappa shape index (κ3) is 5.49. The topological polar surface area (TPSA) is 73.9 Å². The van der Waals surface area contributed by atoms with Crippen LogP contribution in [-0.2, 0) is 4.79 Å². The zero-order valence-corrected chi connectivity index (χ0v) is 20.0. The molecule has 0 unspecified atom stereocenters. The van der Waals surface area contributed by atoms with Crippen molar-refractivity contribution in [1.29, 1.82) is 0 Å². The van der Waals surface area contributed by atoms with Crippen LogP contribution in [0.25, 0.3) is 0 Å². The van der Waals surface area contributed by atoms with Crippen LogP contribution < -0.4 is 20.3 Å². The summed E-state index contributed by atoms with van der Waals surface area (Å²) in [6.07, 6.45) is 0.507. The number of ether oxygens (including phenoxy) is 1. The van der Waals surface area contributed by atoms with E-state index in [-0.39, 0.29) is 16.9 Å². The molecule has 32 heavy (non-hydrogen) atoms. The number of carbonyl (C=O) groups is 2. The molecule has 0 aromatic heterocycles. The summed E-state index contributed by atoms with van der Waals surface area (Å²) < 4.78 is 5.37. The van der Waals surface area contributed by atoms with E-state index in [1.807, 2.05) is 36.9 Å². The summed E-state index contributed by atoms with van der Waals surface area (Å²) in [5, 5.41) is 6.51. The number of para-hydroxylation sites is 1. The number of halogens is 1. The molecule has 1 aliphatic rings. The average Bonchev–Trinajstić information content (AvgIpc) is 2.78. The van der Waals surface area contributed by atoms with Crippen LogP contribution in [0.3, 0.4) is 0 Å². The van der Waals surface area contributed by atoms with Gasteiger partial charge in [-0.2, -0.15) is 0 Å². The molecule has 0 aliphatic carbocycles. The summed E-state index contributed by atoms with van der Waals surface area (Å²) in [4.78, 5) is 28.8. The Hall–Kier alpha value is -2.84. The van der Waals surface area contributed by atoms with E-state index in [4.69, 9.17) is 28.6 Å². The number of nitrogens with zero attached hydrogens (tertiary/aromatic N) is 2. The number of rotatable bonds is 5. The Balaban J connectivity index is 1.72. The van der Waals surface area contributed by atoms with Crippen molar-refractivity contribution in [2.75, 3.05) is 43.5 Å². The van der Waals surface area contributed by atoms with Gasteiger partial charge in [-0.15, -0.1) is 0 Å². The van der Waals surface area contributed by atoms with Crippen molar-refractivity contribution in [1.82, 2.24) is 10.2 Å². The first-order valence-corrected chi connectivity index (χ1v) is 11.2. The van der Waals surface area contributed by atoms with E-state index in [1.165, 1.54) is 7.11 Å². The molecule has 0 atom stereocenters. The van der Waals surface area contributed by atoms with Gasteiger partial charge in [-0.25, -0.2) is 0 Å². The van der Waals surface area contributed by atoms with E-state index in [2.05, 4.69) is 15.5 Å². The van der Waals surface area contributed by atoms with Crippen molar-refractivity contribution in [3.05, 3.63) is 52.5 Å². The number of amides is 2. The molecule has 2 aromatic rings. The SMILES string of the molecule is CCC(=O)N1CCN(c2ccc(Cl)cc2NC(=S)NC(=O)c2cccc(C)c2OC)CC1. The molecule has 0 saturated carbocycles. The Bertz CT molecular complexity index is 1020. The molecule has 0 bridgehead atoms. The second-order valence-corrected chi connectivity index (χ2v) is 8.29. The average molecular weight is 475 g/mol. The lowest BCUT2D eigenvalue weighted by Crippen LogP contribution is -2.48. The molecule has 3 rings (SSSR count). The van der Waals surface area contributed by atoms with E-state index in [0.29, 0.717) is 54.6 Å². The summed E-state index contributed by atoms with van der Waals surface area (Å²) in [5.41, 5.74) is 2.86. The van der Waals surface area contributed by atoms with Crippen LogP contribution in [0.4, 0.5) is 11.4 Å². The highest BCUT2D eigenvalue weighted by atomic mass is 35.5. The second kappa shape index (κ2) is 10.7. The highest BCUT2D eigenvalue weighted by molar-refractivity contribution is 7.80. The lowest BCUT2D eigenvalue weighted by Gasteiger charge is -2.37. The number of methoxy groups -OCH3 is 1. The summed E-state index contributed by atoms with van der Waals surface area (Å²) in [7, 11) is 1.53. The van der Waals surface area contributed by atoms with Crippen LogP contribution in [0, 0.1) is 6.92 Å². The Morgan fingerprint density at radius 2 is 1.88 bits per heavy atom. The molecule has 7 nitrogen and oxygen atoms in total. The molecule has 9 heteroatoms. The molecule has 2 N–H and O–H groups in total. The fraction of sp³-hybridized carbons (Fsp3) is 0.348. The van der Waals surface area contributed by atoms with Gasteiger partial charge in [0.1, 0.15) is 5.75 Å². The van der Waals surface area contributed by atoms with Crippen LogP contribution in [-0.4, -0.2) is 55.1 Å². The van der Waals surface area contributed by atoms with E-state index >= 15 is 0 Å². The van der Waals surface area contributed by atoms with Crippen molar-refractivity contribution >= 4 is 52.1 Å². The third-order valence-electron chi connectivity index (χ3n) is 5.37. The number of hydrogen-bond donors (Lipinski definition) is 2. The number of piperazine rings is 1. The number of aryl methyl sites for hydroxylation is 1. The maximum Gasteiger partial charge on any atom is 0.261 e. The van der Waals surface area contributed by atoms with Gasteiger partial charge in [0.25, 0.3) is 5.91 Å². The smallest absolute Gasteiger partial charge is 0.261 e. The molecule has 2 aromatic carbocycles. The number of nitrogens with one attached hydrogen (secondary N) is 2. The minimum absolute atomic E-state index is 0.155. The summed E-state index contributed by atoms with van der Waals surface area (Å²) in [5.74, 6) is 0.309. The number of carbonyl (C=O) groups excluding carboxylic acids is 2. The fourth-order valence-corrected chi connectivity index (χ4v) is 4.11. The molecular formula is C23H27ClN4O3S. The first kappa shape index (κ1) is 23.8. The van der Waals surface area contributed by atoms with Gasteiger partial charge < -0.3 is 19.9 Å². The van der Waals surface area contributed by atoms with E-state index < -0.39 is 0 Å². The lowest BCUT2D eigenvalue weighted by atomic mass is 10.1. The highest BCUT2D eigenvalue weighted by Gasteiger charge is 2.22. The quantitative estimate of drug-likeness (QED) is 0.641. The molecular weight excluding hydrogens is 448 g/mol. The lowest BCUT2D eigenvalue weighted by molar-refractivity contribution is -0.131. The highest BCUT2D eigenvalue weighted by Crippen LogP contribution is 2.30. The number of anilines is 2. The molecule has 0 spiro atoms. The van der Waals surface area contributed by atoms with Gasteiger partial charge in [0.15, 0.2) is 5.11 Å². The number of thiocarbonyl (C=S) groups is 1. The van der Waals surface area contributed by atoms with Crippen LogP contribution in [0.5, 0.6) is 5.75 Å². The van der Waals surface area contributed by atoms with Crippen molar-refractivity contribution in [2.24, 2.45) is 0 Å². The Labute approximate surface area is 198 Å². The maximum atomic E-state index is 12.8. The van der Waals surface area contributed by atoms with Crippen LogP contribution in [0.1, 0.15) is 29.3 Å². The van der Waals surface area contributed by atoms with Gasteiger partial charge in [0.05, 0.1) is 24.0 Å². The van der Waals surface area contributed by atoms with Gasteiger partial charge >= 0.3 is 0 Å². The maximum absolute atomic E-state index is 12.8. The molecule has 170 valence electrons. The van der Waals surface area contributed by atoms with Crippen LogP contribution in [0.2, 0.25) is 5.02 Å². The largest absolute Gasteiger partial charge is 0.496 e. The van der Waals surface area contributed by atoms with E-state index in [0.717, 1.165) is 11.3 Å². The predicted molar refractivity (Wildman–Crippen MR) is 132 cm³/mol. The summed E-state index contributed by atoms with van der Waals surface area (Å²) >= 11 is 11.6. The number of benzene rings is 2. The second-order valence-electron chi connectivity index (χ2n) is 7.45. The van der Waals surface area contributed by atoms with E-state index in [1.54, 1.807) is 18.2 Å². The molecule has 0 radical (unpaired) electrons. The first-order chi connectivity index (χ1) is 15.3. The van der Waals surface area contributed by atoms with Crippen molar-refractivity contribution < 1.29 is 14.3 Å². The van der Waals surface area contributed by atoms with Gasteiger partial charge in [-0.3, -0.25) is 14.9 Å². The third-order valence-corrected chi connectivity index (χ3v) is 5.81. The minimum atomic E-state index is -0.363. The summed E-state index contributed by atoms with van der Waals surface area (Å²) in [6.45, 7) is 6.45. The Kier molecular flexibility index (Phi) is 7.93. The monoisotopic (exact) mass is 474 g/mol. The van der Waals surface area contributed by atoms with Gasteiger partial charge in [0.2, 0.25) is 5.91 Å². The standard InChI is InChI=1S/C23H27ClN4O3S/c1-4-20(29)28-12-10-27(11-13-28)19-9-8-16(24)14-18(19)25-23(32)26-22(30)17-7-5-6-15(2)21(17)31-3/h5-9,14H,4,10-13H2,1-3H3,(H2,25,26,30,32). The van der Waals surface area contributed by atoms with Crippen molar-refractivity contribution in [2.45, 2.75) is 20.3 Å². The zero-order valence-electron chi connectivity index (χ0n) is 18.4. The summed E-state index contributed by atoms with van der Waals surface area (Å²) in [6, 6.07) is 10.8. The molecule has 2 amide bonds. The molecule has 1 aliphatic heterocycles. The zero-order chi connectivity index (χ0) is 23.3. The van der Waals surface area contributed by atoms with Gasteiger partial charge in [0, 0.05) is 37.6 Å². The van der Waals surface area contributed by atoms with Crippen molar-refractivity contribution in [3.63, 3.8) is 0 Å². The molecule has 1 heterocycles. The van der Waals surface area contributed by atoms with Crippen LogP contribution >= 0.6 is 23.8 Å². The molecule has 1 saturated heterocycles. The molecule has 1 fully saturated rings. The van der Waals surface area contributed by atoms with Gasteiger partial charge in [-0.05, 0) is 49.0 Å². The fourth-order valence-electron chi connectivity index (χ4n) is 3.73. The van der Waals surface area contributed by atoms with E-state index in [9.17, 15) is 9.59 Å². The number of hydrogen-bond acceptors (Lipinski definition) is 5. The van der Waals surface area contributed by atoms with Crippen molar-refractivity contribution in [3.8, 4) is 5.75 Å². The Morgan fingerprint density at radius 3 is 2.53 bits per heavy atom. The Morgan fingerprint density at radius 1 is 1.16 bits per heavy atom. The normalized spacial score (nSPS) is 13.5. The van der Waals surface area contributed by atoms with Gasteiger partial charge in [-0.1, -0.05) is 30.7 Å². The first-order valence-electron chi connectivity index (χ1n) is 10.4. The van der Waals surface area contributed by atoms with Crippen LogP contribution in [0.15, 0.2) is 36.4 Å².